The fraction of sp³-hybridized carbons (Fsp3) is 0.261. The number of nitrogens with one attached hydrogen (secondary N) is 1. The fourth-order valence-electron chi connectivity index (χ4n) is 3.58. The maximum Gasteiger partial charge on any atom is 0.291 e. The van der Waals surface area contributed by atoms with Gasteiger partial charge in [0.2, 0.25) is 0 Å². The van der Waals surface area contributed by atoms with Gasteiger partial charge in [-0.25, -0.2) is 8.42 Å². The Balaban J connectivity index is 1.41. The number of para-hydroxylation sites is 1. The number of rotatable bonds is 7. The highest BCUT2D eigenvalue weighted by Gasteiger charge is 2.30. The summed E-state index contributed by atoms with van der Waals surface area (Å²) in [5.41, 5.74) is 0.414. The second-order valence-electron chi connectivity index (χ2n) is 7.30. The smallest absolute Gasteiger partial charge is 0.291 e. The van der Waals surface area contributed by atoms with Crippen LogP contribution in [0, 0.1) is 0 Å². The van der Waals surface area contributed by atoms with Gasteiger partial charge in [0.1, 0.15) is 18.1 Å². The van der Waals surface area contributed by atoms with E-state index in [4.69, 9.17) is 9.15 Å². The van der Waals surface area contributed by atoms with Gasteiger partial charge < -0.3 is 14.5 Å². The predicted octanol–water partition coefficient (Wildman–Crippen LogP) is 4.83. The van der Waals surface area contributed by atoms with Gasteiger partial charge >= 0.3 is 0 Å². The number of anilines is 1. The normalized spacial score (nSPS) is 14.5. The van der Waals surface area contributed by atoms with E-state index in [0.717, 1.165) is 12.8 Å². The van der Waals surface area contributed by atoms with Crippen LogP contribution in [0.25, 0.3) is 0 Å². The molecule has 1 fully saturated rings. The summed E-state index contributed by atoms with van der Waals surface area (Å²) in [7, 11) is -3.38. The summed E-state index contributed by atoms with van der Waals surface area (Å²) >= 11 is 0. The molecule has 0 saturated heterocycles. The molecule has 0 unspecified atom stereocenters. The molecular weight excluding hydrogens is 402 g/mol. The molecule has 0 atom stereocenters. The van der Waals surface area contributed by atoms with Crippen molar-refractivity contribution in [2.45, 2.75) is 42.4 Å². The molecule has 6 nitrogen and oxygen atoms in total. The van der Waals surface area contributed by atoms with Gasteiger partial charge in [0.05, 0.1) is 10.1 Å². The third-order valence-corrected chi connectivity index (χ3v) is 7.43. The number of furan rings is 1. The highest BCUT2D eigenvalue weighted by Crippen LogP contribution is 2.30. The highest BCUT2D eigenvalue weighted by molar-refractivity contribution is 7.92. The van der Waals surface area contributed by atoms with Crippen LogP contribution in [-0.4, -0.2) is 19.6 Å². The van der Waals surface area contributed by atoms with Crippen LogP contribution in [0.1, 0.15) is 42.0 Å². The first kappa shape index (κ1) is 20.2. The number of carbonyl (C=O) groups is 1. The van der Waals surface area contributed by atoms with Gasteiger partial charge in [0.15, 0.2) is 15.6 Å². The van der Waals surface area contributed by atoms with E-state index < -0.39 is 15.7 Å². The Morgan fingerprint density at radius 1 is 1.00 bits per heavy atom. The number of amides is 1. The number of sulfone groups is 1. The third-order valence-electron chi connectivity index (χ3n) is 5.17. The average Bonchev–Trinajstić information content (AvgIpc) is 3.46. The van der Waals surface area contributed by atoms with Crippen LogP contribution in [0.5, 0.6) is 5.75 Å². The summed E-state index contributed by atoms with van der Waals surface area (Å²) in [5, 5.41) is 2.38. The lowest BCUT2D eigenvalue weighted by Gasteiger charge is -2.12. The Labute approximate surface area is 175 Å². The van der Waals surface area contributed by atoms with E-state index >= 15 is 0 Å². The van der Waals surface area contributed by atoms with Gasteiger partial charge in [-0.2, -0.15) is 0 Å². The molecule has 1 aliphatic rings. The standard InChI is InChI=1S/C23H23NO5S/c25-23(22-14-13-19(29-22)16-28-18-8-2-1-3-9-18)24-17-7-6-12-21(15-17)30(26,27)20-10-4-5-11-20/h1-3,6-9,12-15,20H,4-5,10-11,16H2,(H,24,25). The molecule has 1 amide bonds. The van der Waals surface area contributed by atoms with Crippen molar-refractivity contribution in [3.05, 3.63) is 78.3 Å². The Morgan fingerprint density at radius 2 is 1.77 bits per heavy atom. The summed E-state index contributed by atoms with van der Waals surface area (Å²) in [6.45, 7) is 0.201. The predicted molar refractivity (Wildman–Crippen MR) is 113 cm³/mol. The molecular formula is C23H23NO5S. The number of carbonyl (C=O) groups excluding carboxylic acids is 1. The zero-order chi connectivity index (χ0) is 21.0. The minimum absolute atomic E-state index is 0.130. The van der Waals surface area contributed by atoms with Crippen molar-refractivity contribution in [1.29, 1.82) is 0 Å². The van der Waals surface area contributed by atoms with E-state index in [1.54, 1.807) is 30.3 Å². The monoisotopic (exact) mass is 425 g/mol. The number of ether oxygens (including phenoxy) is 1. The van der Waals surface area contributed by atoms with Crippen LogP contribution >= 0.6 is 0 Å². The van der Waals surface area contributed by atoms with E-state index in [-0.39, 0.29) is 22.5 Å². The van der Waals surface area contributed by atoms with Gasteiger partial charge in [0.25, 0.3) is 5.91 Å². The maximum absolute atomic E-state index is 12.8. The summed E-state index contributed by atoms with van der Waals surface area (Å²) in [6, 6.07) is 18.9. The zero-order valence-corrected chi connectivity index (χ0v) is 17.2. The molecule has 0 aliphatic heterocycles. The van der Waals surface area contributed by atoms with E-state index in [0.29, 0.717) is 30.0 Å². The third kappa shape index (κ3) is 4.57. The second-order valence-corrected chi connectivity index (χ2v) is 9.53. The lowest BCUT2D eigenvalue weighted by atomic mass is 10.3. The lowest BCUT2D eigenvalue weighted by molar-refractivity contribution is 0.0992. The van der Waals surface area contributed by atoms with Gasteiger partial charge in [-0.05, 0) is 55.3 Å². The molecule has 0 radical (unpaired) electrons. The molecule has 0 bridgehead atoms. The summed E-state index contributed by atoms with van der Waals surface area (Å²) in [6.07, 6.45) is 3.27. The van der Waals surface area contributed by atoms with Crippen LogP contribution in [0.2, 0.25) is 0 Å². The summed E-state index contributed by atoms with van der Waals surface area (Å²) in [5.74, 6) is 0.906. The van der Waals surface area contributed by atoms with Crippen molar-refractivity contribution < 1.29 is 22.4 Å². The molecule has 1 heterocycles. The molecule has 7 heteroatoms. The van der Waals surface area contributed by atoms with Gasteiger partial charge in [-0.15, -0.1) is 0 Å². The largest absolute Gasteiger partial charge is 0.486 e. The topological polar surface area (TPSA) is 85.6 Å². The molecule has 1 aliphatic carbocycles. The molecule has 3 aromatic rings. The molecule has 1 saturated carbocycles. The molecule has 4 rings (SSSR count). The Hall–Kier alpha value is -3.06. The van der Waals surface area contributed by atoms with Crippen molar-refractivity contribution in [3.8, 4) is 5.75 Å². The van der Waals surface area contributed by atoms with Gasteiger partial charge in [-0.1, -0.05) is 37.1 Å². The summed E-state index contributed by atoms with van der Waals surface area (Å²) in [4.78, 5) is 12.8. The summed E-state index contributed by atoms with van der Waals surface area (Å²) < 4.78 is 36.8. The quantitative estimate of drug-likeness (QED) is 0.586. The van der Waals surface area contributed by atoms with Crippen molar-refractivity contribution >= 4 is 21.4 Å². The van der Waals surface area contributed by atoms with Crippen LogP contribution < -0.4 is 10.1 Å². The Morgan fingerprint density at radius 3 is 2.53 bits per heavy atom. The number of hydrogen-bond donors (Lipinski definition) is 1. The van der Waals surface area contributed by atoms with E-state index in [2.05, 4.69) is 5.32 Å². The van der Waals surface area contributed by atoms with Crippen molar-refractivity contribution in [2.75, 3.05) is 5.32 Å². The first-order valence-corrected chi connectivity index (χ1v) is 11.5. The SMILES string of the molecule is O=C(Nc1cccc(S(=O)(=O)C2CCCC2)c1)c1ccc(COc2ccccc2)o1. The highest BCUT2D eigenvalue weighted by atomic mass is 32.2. The molecule has 1 aromatic heterocycles. The number of hydrogen-bond acceptors (Lipinski definition) is 5. The first-order chi connectivity index (χ1) is 14.5. The second kappa shape index (κ2) is 8.75. The van der Waals surface area contributed by atoms with Crippen LogP contribution in [0.15, 0.2) is 76.0 Å². The minimum atomic E-state index is -3.38. The van der Waals surface area contributed by atoms with Crippen molar-refractivity contribution in [1.82, 2.24) is 0 Å². The lowest BCUT2D eigenvalue weighted by Crippen LogP contribution is -2.18. The van der Waals surface area contributed by atoms with Gasteiger partial charge in [-0.3, -0.25) is 4.79 Å². The molecule has 30 heavy (non-hydrogen) atoms. The van der Waals surface area contributed by atoms with Crippen LogP contribution in [0.4, 0.5) is 5.69 Å². The van der Waals surface area contributed by atoms with Crippen LogP contribution in [0.3, 0.4) is 0 Å². The van der Waals surface area contributed by atoms with E-state index in [1.165, 1.54) is 6.07 Å². The van der Waals surface area contributed by atoms with E-state index in [1.807, 2.05) is 30.3 Å². The fourth-order valence-corrected chi connectivity index (χ4v) is 5.48. The zero-order valence-electron chi connectivity index (χ0n) is 16.4. The molecule has 2 aromatic carbocycles. The Kier molecular flexibility index (Phi) is 5.90. The average molecular weight is 426 g/mol. The first-order valence-electron chi connectivity index (χ1n) is 9.94. The van der Waals surface area contributed by atoms with Crippen molar-refractivity contribution in [3.63, 3.8) is 0 Å². The molecule has 156 valence electrons. The molecule has 0 spiro atoms. The maximum atomic E-state index is 12.8. The molecule has 1 N–H and O–H groups in total. The van der Waals surface area contributed by atoms with E-state index in [9.17, 15) is 13.2 Å². The van der Waals surface area contributed by atoms with Crippen LogP contribution in [-0.2, 0) is 16.4 Å². The van der Waals surface area contributed by atoms with Gasteiger partial charge in [0, 0.05) is 5.69 Å². The minimum Gasteiger partial charge on any atom is -0.486 e. The van der Waals surface area contributed by atoms with Crippen molar-refractivity contribution in [2.24, 2.45) is 0 Å². The Bertz CT molecular complexity index is 1120. The number of benzene rings is 2.